The van der Waals surface area contributed by atoms with E-state index >= 15 is 0 Å². The lowest BCUT2D eigenvalue weighted by Gasteiger charge is -2.17. The maximum atomic E-state index is 7.32. The highest BCUT2D eigenvalue weighted by Crippen LogP contribution is 2.27. The maximum Gasteiger partial charge on any atom is 0.151 e. The summed E-state index contributed by atoms with van der Waals surface area (Å²) in [6.45, 7) is 2.22. The number of unbranched alkanes of at least 4 members (excludes halogenated alkanes) is 1. The Kier molecular flexibility index (Phi) is 9.87. The van der Waals surface area contributed by atoms with Gasteiger partial charge in [0.1, 0.15) is 0 Å². The van der Waals surface area contributed by atoms with Crippen LogP contribution >= 0.6 is 23.5 Å². The average Bonchev–Trinajstić information content (AvgIpc) is 2.51. The van der Waals surface area contributed by atoms with Gasteiger partial charge < -0.3 is 11.5 Å². The molecule has 0 aliphatic heterocycles. The fourth-order valence-electron chi connectivity index (χ4n) is 2.47. The number of benzene rings is 1. The van der Waals surface area contributed by atoms with Gasteiger partial charge in [0.2, 0.25) is 0 Å². The molecule has 1 atom stereocenters. The number of nitrogens with two attached hydrogens (primary N) is 2. The van der Waals surface area contributed by atoms with Crippen LogP contribution in [-0.4, -0.2) is 21.8 Å². The summed E-state index contributed by atoms with van der Waals surface area (Å²) in [7, 11) is 0. The predicted octanol–water partition coefficient (Wildman–Crippen LogP) is 4.15. The van der Waals surface area contributed by atoms with Crippen LogP contribution in [-0.2, 0) is 6.42 Å². The molecule has 0 aromatic heterocycles. The molecule has 0 saturated heterocycles. The Bertz CT molecular complexity index is 488. The summed E-state index contributed by atoms with van der Waals surface area (Å²) in [5.41, 5.74) is 13.4. The van der Waals surface area contributed by atoms with Crippen LogP contribution in [0.2, 0.25) is 0 Å². The molecule has 1 unspecified atom stereocenters. The van der Waals surface area contributed by atoms with E-state index in [2.05, 4.69) is 31.2 Å². The average molecular weight is 353 g/mol. The van der Waals surface area contributed by atoms with Gasteiger partial charge in [0.25, 0.3) is 0 Å². The molecular formula is C17H28N4S2. The van der Waals surface area contributed by atoms with Crippen molar-refractivity contribution in [3.8, 4) is 0 Å². The van der Waals surface area contributed by atoms with Gasteiger partial charge in [0, 0.05) is 11.5 Å². The number of nitrogens with one attached hydrogen (secondary N) is 2. The minimum atomic E-state index is 0.184. The lowest BCUT2D eigenvalue weighted by Crippen LogP contribution is -2.07. The normalized spacial score (nSPS) is 12.0. The van der Waals surface area contributed by atoms with Crippen LogP contribution in [0.1, 0.15) is 49.7 Å². The van der Waals surface area contributed by atoms with Crippen molar-refractivity contribution in [3.05, 3.63) is 35.4 Å². The molecule has 23 heavy (non-hydrogen) atoms. The fraction of sp³-hybridized carbons (Fsp3) is 0.529. The summed E-state index contributed by atoms with van der Waals surface area (Å²) in [6.07, 6.45) is 5.62. The van der Waals surface area contributed by atoms with Crippen LogP contribution in [0, 0.1) is 10.8 Å². The van der Waals surface area contributed by atoms with Crippen LogP contribution in [0.4, 0.5) is 0 Å². The molecule has 0 heterocycles. The van der Waals surface area contributed by atoms with Crippen LogP contribution in [0.15, 0.2) is 24.3 Å². The number of hydrogen-bond acceptors (Lipinski definition) is 4. The van der Waals surface area contributed by atoms with Gasteiger partial charge in [-0.05, 0) is 36.3 Å². The smallest absolute Gasteiger partial charge is 0.151 e. The summed E-state index contributed by atoms with van der Waals surface area (Å²) in [5, 5.41) is 14.9. The van der Waals surface area contributed by atoms with Crippen molar-refractivity contribution in [2.45, 2.75) is 44.9 Å². The Labute approximate surface area is 148 Å². The van der Waals surface area contributed by atoms with Crippen LogP contribution in [0.3, 0.4) is 0 Å². The molecule has 0 bridgehead atoms. The zero-order valence-electron chi connectivity index (χ0n) is 13.8. The zero-order valence-corrected chi connectivity index (χ0v) is 15.4. The fourth-order valence-corrected chi connectivity index (χ4v) is 3.65. The Hall–Kier alpha value is -1.14. The molecule has 0 aliphatic carbocycles. The Morgan fingerprint density at radius 3 is 2.17 bits per heavy atom. The minimum absolute atomic E-state index is 0.184. The lowest BCUT2D eigenvalue weighted by molar-refractivity contribution is 0.573. The molecule has 0 fully saturated rings. The first kappa shape index (κ1) is 19.9. The molecule has 0 aliphatic rings. The Balaban J connectivity index is 2.58. The number of hydrogen-bond donors (Lipinski definition) is 4. The standard InChI is InChI=1S/C17H28N4S2/c1-2-3-4-14(10-12-23-17(20)21)15-7-5-13(6-8-15)9-11-22-16(18)19/h5-8,14H,2-4,9-12H2,1H3,(H3,18,19)(H3,20,21). The van der Waals surface area contributed by atoms with Crippen molar-refractivity contribution in [2.24, 2.45) is 11.5 Å². The molecule has 0 saturated carbocycles. The predicted molar refractivity (Wildman–Crippen MR) is 106 cm³/mol. The number of aryl methyl sites for hydroxylation is 1. The number of amidine groups is 2. The Morgan fingerprint density at radius 2 is 1.61 bits per heavy atom. The quantitative estimate of drug-likeness (QED) is 0.375. The third-order valence-electron chi connectivity index (χ3n) is 3.73. The molecule has 6 N–H and O–H groups in total. The van der Waals surface area contributed by atoms with Gasteiger partial charge in [0.15, 0.2) is 10.3 Å². The first-order valence-electron chi connectivity index (χ1n) is 8.05. The largest absolute Gasteiger partial charge is 0.379 e. The topological polar surface area (TPSA) is 99.7 Å². The highest BCUT2D eigenvalue weighted by molar-refractivity contribution is 8.13. The Morgan fingerprint density at radius 1 is 1.00 bits per heavy atom. The molecule has 6 heteroatoms. The van der Waals surface area contributed by atoms with Crippen molar-refractivity contribution < 1.29 is 0 Å². The maximum absolute atomic E-state index is 7.32. The summed E-state index contributed by atoms with van der Waals surface area (Å²) in [5.74, 6) is 2.30. The van der Waals surface area contributed by atoms with E-state index < -0.39 is 0 Å². The van der Waals surface area contributed by atoms with E-state index in [1.165, 1.54) is 53.9 Å². The van der Waals surface area contributed by atoms with Gasteiger partial charge in [-0.2, -0.15) is 0 Å². The van der Waals surface area contributed by atoms with Gasteiger partial charge >= 0.3 is 0 Å². The van der Waals surface area contributed by atoms with Crippen LogP contribution in [0.5, 0.6) is 0 Å². The van der Waals surface area contributed by atoms with Crippen molar-refractivity contribution in [3.63, 3.8) is 0 Å². The van der Waals surface area contributed by atoms with Gasteiger partial charge in [0.05, 0.1) is 0 Å². The molecule has 0 spiro atoms. The first-order chi connectivity index (χ1) is 11.0. The highest BCUT2D eigenvalue weighted by Gasteiger charge is 2.11. The van der Waals surface area contributed by atoms with Gasteiger partial charge in [-0.25, -0.2) is 0 Å². The molecule has 1 aromatic carbocycles. The number of rotatable bonds is 10. The van der Waals surface area contributed by atoms with Gasteiger partial charge in [-0.3, -0.25) is 10.8 Å². The van der Waals surface area contributed by atoms with Crippen LogP contribution < -0.4 is 11.5 Å². The summed E-state index contributed by atoms with van der Waals surface area (Å²) in [6, 6.07) is 8.83. The van der Waals surface area contributed by atoms with E-state index in [0.29, 0.717) is 5.92 Å². The van der Waals surface area contributed by atoms with Crippen molar-refractivity contribution >= 4 is 33.9 Å². The molecule has 128 valence electrons. The van der Waals surface area contributed by atoms with E-state index in [9.17, 15) is 0 Å². The minimum Gasteiger partial charge on any atom is -0.379 e. The van der Waals surface area contributed by atoms with E-state index in [1.807, 2.05) is 0 Å². The van der Waals surface area contributed by atoms with Gasteiger partial charge in [-0.15, -0.1) is 0 Å². The monoisotopic (exact) mass is 352 g/mol. The van der Waals surface area contributed by atoms with E-state index in [-0.39, 0.29) is 10.3 Å². The molecule has 1 rings (SSSR count). The van der Waals surface area contributed by atoms with Crippen molar-refractivity contribution in [2.75, 3.05) is 11.5 Å². The molecule has 4 nitrogen and oxygen atoms in total. The third-order valence-corrected chi connectivity index (χ3v) is 5.20. The summed E-state index contributed by atoms with van der Waals surface area (Å²) in [4.78, 5) is 0. The zero-order chi connectivity index (χ0) is 17.1. The lowest BCUT2D eigenvalue weighted by atomic mass is 9.90. The van der Waals surface area contributed by atoms with E-state index in [0.717, 1.165) is 24.3 Å². The molecule has 1 aromatic rings. The van der Waals surface area contributed by atoms with Gasteiger partial charge in [-0.1, -0.05) is 67.6 Å². The van der Waals surface area contributed by atoms with Crippen molar-refractivity contribution in [1.29, 1.82) is 10.8 Å². The number of thioether (sulfide) groups is 2. The van der Waals surface area contributed by atoms with E-state index in [1.54, 1.807) is 0 Å². The molecular weight excluding hydrogens is 324 g/mol. The second-order valence-corrected chi connectivity index (χ2v) is 7.82. The second-order valence-electron chi connectivity index (χ2n) is 5.54. The summed E-state index contributed by atoms with van der Waals surface area (Å²) >= 11 is 2.82. The third kappa shape index (κ3) is 8.91. The summed E-state index contributed by atoms with van der Waals surface area (Å²) < 4.78 is 0. The highest BCUT2D eigenvalue weighted by atomic mass is 32.2. The first-order valence-corrected chi connectivity index (χ1v) is 10.0. The SMILES string of the molecule is CCCCC(CCSC(=N)N)c1ccc(CCSC(=N)N)cc1. The molecule has 0 radical (unpaired) electrons. The second kappa shape index (κ2) is 11.4. The van der Waals surface area contributed by atoms with Crippen LogP contribution in [0.25, 0.3) is 0 Å². The van der Waals surface area contributed by atoms with E-state index in [4.69, 9.17) is 22.3 Å². The molecule has 0 amide bonds. The van der Waals surface area contributed by atoms with Crippen molar-refractivity contribution in [1.82, 2.24) is 0 Å².